The lowest BCUT2D eigenvalue weighted by Gasteiger charge is -2.37. The van der Waals surface area contributed by atoms with E-state index >= 15 is 0 Å². The Morgan fingerprint density at radius 2 is 1.76 bits per heavy atom. The maximum atomic E-state index is 12.6. The Kier molecular flexibility index (Phi) is 8.05. The Hall–Kier alpha value is -2.57. The average Bonchev–Trinajstić information content (AvgIpc) is 3.00. The summed E-state index contributed by atoms with van der Waals surface area (Å²) >= 11 is 0. The van der Waals surface area contributed by atoms with Gasteiger partial charge in [0.15, 0.2) is 0 Å². The first-order chi connectivity index (χ1) is 13.9. The molecule has 160 valence electrons. The van der Waals surface area contributed by atoms with Gasteiger partial charge in [-0.25, -0.2) is 4.79 Å². The second-order valence-corrected chi connectivity index (χ2v) is 7.49. The molecule has 4 amide bonds. The van der Waals surface area contributed by atoms with Crippen LogP contribution >= 0.6 is 0 Å². The number of hydrogen-bond acceptors (Lipinski definition) is 4. The standard InChI is InChI=1S/C20H28N4O3.C2H6/c1-3-6-15-7-4-5-8-16(15)23-11-13-24(14-12-23)17(25)9-10-20(2)18(26)21-19(27)22-20;1-2/h4-5,7-8H,3,6,9-14H2,1-2H3,(H2,21,22,26,27);1-2H3. The molecule has 7 nitrogen and oxygen atoms in total. The zero-order valence-corrected chi connectivity index (χ0v) is 18.1. The second kappa shape index (κ2) is 10.3. The Morgan fingerprint density at radius 1 is 1.10 bits per heavy atom. The highest BCUT2D eigenvalue weighted by Crippen LogP contribution is 2.24. The molecule has 0 saturated carbocycles. The van der Waals surface area contributed by atoms with Gasteiger partial charge < -0.3 is 15.1 Å². The van der Waals surface area contributed by atoms with Crippen molar-refractivity contribution in [1.29, 1.82) is 0 Å². The number of aryl methyl sites for hydroxylation is 1. The van der Waals surface area contributed by atoms with Gasteiger partial charge in [-0.2, -0.15) is 0 Å². The predicted molar refractivity (Wildman–Crippen MR) is 115 cm³/mol. The third-order valence-electron chi connectivity index (χ3n) is 5.44. The first-order valence-electron chi connectivity index (χ1n) is 10.7. The maximum Gasteiger partial charge on any atom is 0.322 e. The van der Waals surface area contributed by atoms with Gasteiger partial charge in [0.25, 0.3) is 5.91 Å². The summed E-state index contributed by atoms with van der Waals surface area (Å²) < 4.78 is 0. The quantitative estimate of drug-likeness (QED) is 0.717. The van der Waals surface area contributed by atoms with Gasteiger partial charge in [0.05, 0.1) is 0 Å². The van der Waals surface area contributed by atoms with Gasteiger partial charge in [0, 0.05) is 38.3 Å². The highest BCUT2D eigenvalue weighted by molar-refractivity contribution is 6.06. The average molecular weight is 403 g/mol. The SMILES string of the molecule is CC.CCCc1ccccc1N1CCN(C(=O)CCC2(C)NC(=O)NC2=O)CC1. The lowest BCUT2D eigenvalue weighted by atomic mass is 9.96. The fraction of sp³-hybridized carbons (Fsp3) is 0.591. The molecule has 1 aromatic carbocycles. The highest BCUT2D eigenvalue weighted by Gasteiger charge is 2.42. The third kappa shape index (κ3) is 5.49. The number of para-hydroxylation sites is 1. The van der Waals surface area contributed by atoms with Gasteiger partial charge in [-0.15, -0.1) is 0 Å². The van der Waals surface area contributed by atoms with E-state index in [1.54, 1.807) is 6.92 Å². The molecule has 0 bridgehead atoms. The summed E-state index contributed by atoms with van der Waals surface area (Å²) in [5, 5.41) is 4.84. The number of carbonyl (C=O) groups is 3. The minimum atomic E-state index is -0.992. The number of rotatable bonds is 6. The molecule has 2 heterocycles. The lowest BCUT2D eigenvalue weighted by molar-refractivity contribution is -0.132. The maximum absolute atomic E-state index is 12.6. The third-order valence-corrected chi connectivity index (χ3v) is 5.44. The number of benzene rings is 1. The fourth-order valence-corrected chi connectivity index (χ4v) is 3.77. The number of nitrogens with one attached hydrogen (secondary N) is 2. The Labute approximate surface area is 173 Å². The molecule has 2 aliphatic rings. The number of piperazine rings is 1. The van der Waals surface area contributed by atoms with Crippen LogP contribution in [0.2, 0.25) is 0 Å². The smallest absolute Gasteiger partial charge is 0.322 e. The Bertz CT molecular complexity index is 729. The molecule has 0 spiro atoms. The van der Waals surface area contributed by atoms with Crippen LogP contribution in [0.3, 0.4) is 0 Å². The van der Waals surface area contributed by atoms with Crippen molar-refractivity contribution in [2.24, 2.45) is 0 Å². The Balaban J connectivity index is 0.00000145. The van der Waals surface area contributed by atoms with Gasteiger partial charge in [-0.1, -0.05) is 45.4 Å². The van der Waals surface area contributed by atoms with Crippen molar-refractivity contribution in [3.05, 3.63) is 29.8 Å². The zero-order chi connectivity index (χ0) is 21.4. The Morgan fingerprint density at radius 3 is 2.34 bits per heavy atom. The van der Waals surface area contributed by atoms with Crippen molar-refractivity contribution < 1.29 is 14.4 Å². The topological polar surface area (TPSA) is 81.8 Å². The van der Waals surface area contributed by atoms with Gasteiger partial charge in [-0.05, 0) is 31.4 Å². The van der Waals surface area contributed by atoms with E-state index in [0.29, 0.717) is 19.5 Å². The fourth-order valence-electron chi connectivity index (χ4n) is 3.77. The number of hydrogen-bond donors (Lipinski definition) is 2. The highest BCUT2D eigenvalue weighted by atomic mass is 16.2. The van der Waals surface area contributed by atoms with Gasteiger partial charge in [0.1, 0.15) is 5.54 Å². The van der Waals surface area contributed by atoms with Crippen molar-refractivity contribution in [2.45, 2.75) is 58.9 Å². The molecule has 2 fully saturated rings. The number of urea groups is 1. The van der Waals surface area contributed by atoms with Crippen LogP contribution in [-0.2, 0) is 16.0 Å². The largest absolute Gasteiger partial charge is 0.368 e. The van der Waals surface area contributed by atoms with Gasteiger partial charge >= 0.3 is 6.03 Å². The molecule has 1 aromatic rings. The summed E-state index contributed by atoms with van der Waals surface area (Å²) in [6, 6.07) is 7.98. The monoisotopic (exact) mass is 402 g/mol. The van der Waals surface area contributed by atoms with Crippen molar-refractivity contribution >= 4 is 23.5 Å². The zero-order valence-electron chi connectivity index (χ0n) is 18.1. The number of imide groups is 1. The van der Waals surface area contributed by atoms with E-state index in [1.807, 2.05) is 18.7 Å². The molecule has 1 unspecified atom stereocenters. The van der Waals surface area contributed by atoms with Crippen LogP contribution in [0.5, 0.6) is 0 Å². The van der Waals surface area contributed by atoms with Crippen molar-refractivity contribution in [3.8, 4) is 0 Å². The van der Waals surface area contributed by atoms with Crippen LogP contribution in [0.15, 0.2) is 24.3 Å². The molecule has 2 aliphatic heterocycles. The van der Waals surface area contributed by atoms with E-state index in [2.05, 4.69) is 46.7 Å². The second-order valence-electron chi connectivity index (χ2n) is 7.49. The molecule has 0 aromatic heterocycles. The molecule has 2 saturated heterocycles. The van der Waals surface area contributed by atoms with E-state index in [0.717, 1.165) is 25.9 Å². The van der Waals surface area contributed by atoms with Crippen LogP contribution in [0.4, 0.5) is 10.5 Å². The van der Waals surface area contributed by atoms with E-state index in [9.17, 15) is 14.4 Å². The summed E-state index contributed by atoms with van der Waals surface area (Å²) in [7, 11) is 0. The number of carbonyl (C=O) groups excluding carboxylic acids is 3. The molecule has 3 rings (SSSR count). The van der Waals surface area contributed by atoms with Crippen molar-refractivity contribution in [3.63, 3.8) is 0 Å². The number of anilines is 1. The predicted octanol–water partition coefficient (Wildman–Crippen LogP) is 2.69. The summed E-state index contributed by atoms with van der Waals surface area (Å²) in [6.07, 6.45) is 2.72. The van der Waals surface area contributed by atoms with Crippen molar-refractivity contribution in [1.82, 2.24) is 15.5 Å². The molecular weight excluding hydrogens is 368 g/mol. The summed E-state index contributed by atoms with van der Waals surface area (Å²) in [4.78, 5) is 39.9. The van der Waals surface area contributed by atoms with Gasteiger partial charge in [-0.3, -0.25) is 14.9 Å². The van der Waals surface area contributed by atoms with Crippen LogP contribution in [0, 0.1) is 0 Å². The normalized spacial score (nSPS) is 21.2. The summed E-state index contributed by atoms with van der Waals surface area (Å²) in [5.41, 5.74) is 1.63. The first kappa shape index (κ1) is 22.7. The summed E-state index contributed by atoms with van der Waals surface area (Å²) in [5.74, 6) is -0.329. The van der Waals surface area contributed by atoms with Crippen LogP contribution in [-0.4, -0.2) is 54.5 Å². The molecule has 1 atom stereocenters. The van der Waals surface area contributed by atoms with Crippen LogP contribution < -0.4 is 15.5 Å². The van der Waals surface area contributed by atoms with Gasteiger partial charge in [0.2, 0.25) is 5.91 Å². The van der Waals surface area contributed by atoms with E-state index in [1.165, 1.54) is 11.3 Å². The van der Waals surface area contributed by atoms with E-state index < -0.39 is 11.6 Å². The van der Waals surface area contributed by atoms with E-state index in [-0.39, 0.29) is 18.2 Å². The van der Waals surface area contributed by atoms with E-state index in [4.69, 9.17) is 0 Å². The number of nitrogens with zero attached hydrogens (tertiary/aromatic N) is 2. The van der Waals surface area contributed by atoms with Crippen LogP contribution in [0.1, 0.15) is 52.5 Å². The molecule has 2 N–H and O–H groups in total. The molecule has 0 aliphatic carbocycles. The summed E-state index contributed by atoms with van der Waals surface area (Å²) in [6.45, 7) is 10.8. The molecule has 0 radical (unpaired) electrons. The molecule has 7 heteroatoms. The minimum Gasteiger partial charge on any atom is -0.368 e. The number of amides is 4. The molecule has 29 heavy (non-hydrogen) atoms. The molecular formula is C22H34N4O3. The van der Waals surface area contributed by atoms with Crippen molar-refractivity contribution in [2.75, 3.05) is 31.1 Å². The lowest BCUT2D eigenvalue weighted by Crippen LogP contribution is -2.50. The first-order valence-corrected chi connectivity index (χ1v) is 10.7. The minimum absolute atomic E-state index is 0.0340. The van der Waals surface area contributed by atoms with Crippen LogP contribution in [0.25, 0.3) is 0 Å².